The monoisotopic (exact) mass is 362 g/mol. The highest BCUT2D eigenvalue weighted by Crippen LogP contribution is 2.22. The molecule has 2 rings (SSSR count). The molecule has 25 heavy (non-hydrogen) atoms. The number of nitrogens with one attached hydrogen (secondary N) is 1. The van der Waals surface area contributed by atoms with Crippen LogP contribution in [-0.2, 0) is 14.8 Å². The minimum absolute atomic E-state index is 0.00246. The highest BCUT2D eigenvalue weighted by atomic mass is 32.2. The summed E-state index contributed by atoms with van der Waals surface area (Å²) >= 11 is 0. The molecule has 1 aromatic heterocycles. The molecule has 1 heterocycles. The summed E-state index contributed by atoms with van der Waals surface area (Å²) in [6.45, 7) is 5.62. The first kappa shape index (κ1) is 18.9. The number of rotatable bonds is 6. The van der Waals surface area contributed by atoms with Crippen molar-refractivity contribution in [1.29, 1.82) is 0 Å². The molecule has 0 saturated heterocycles. The first-order chi connectivity index (χ1) is 11.7. The number of nitrogens with zero attached hydrogens (tertiary/aromatic N) is 2. The molecule has 1 unspecified atom stereocenters. The van der Waals surface area contributed by atoms with Crippen LogP contribution in [0.15, 0.2) is 35.2 Å². The minimum atomic E-state index is -3.94. The Balaban J connectivity index is 2.29. The lowest BCUT2D eigenvalue weighted by Crippen LogP contribution is -2.31. The van der Waals surface area contributed by atoms with Gasteiger partial charge in [-0.15, -0.1) is 0 Å². The average molecular weight is 362 g/mol. The normalized spacial score (nSPS) is 12.6. The Morgan fingerprint density at radius 1 is 1.28 bits per heavy atom. The highest BCUT2D eigenvalue weighted by molar-refractivity contribution is 7.90. The van der Waals surface area contributed by atoms with Crippen LogP contribution in [0.5, 0.6) is 0 Å². The van der Waals surface area contributed by atoms with E-state index in [2.05, 4.69) is 14.7 Å². The van der Waals surface area contributed by atoms with Crippen molar-refractivity contribution in [2.24, 2.45) is 5.92 Å². The maximum absolute atomic E-state index is 12.4. The van der Waals surface area contributed by atoms with Gasteiger partial charge in [-0.2, -0.15) is 0 Å². The zero-order valence-electron chi connectivity index (χ0n) is 14.5. The molecule has 7 nitrogen and oxygen atoms in total. The Kier molecular flexibility index (Phi) is 5.73. The van der Waals surface area contributed by atoms with Gasteiger partial charge in [-0.3, -0.25) is 4.79 Å². The Morgan fingerprint density at radius 3 is 2.64 bits per heavy atom. The van der Waals surface area contributed by atoms with Gasteiger partial charge in [0, 0.05) is 17.7 Å². The van der Waals surface area contributed by atoms with Crippen molar-refractivity contribution in [2.45, 2.75) is 38.5 Å². The molecule has 1 aromatic carbocycles. The summed E-state index contributed by atoms with van der Waals surface area (Å²) in [5.41, 5.74) is 7.43. The van der Waals surface area contributed by atoms with Gasteiger partial charge in [0.25, 0.3) is 10.0 Å². The van der Waals surface area contributed by atoms with Crippen molar-refractivity contribution in [1.82, 2.24) is 14.7 Å². The number of aryl methyl sites for hydroxylation is 1. The van der Waals surface area contributed by atoms with E-state index in [-0.39, 0.29) is 23.2 Å². The Labute approximate surface area is 147 Å². The number of anilines is 1. The summed E-state index contributed by atoms with van der Waals surface area (Å²) in [7, 11) is -3.94. The molecule has 0 aliphatic heterocycles. The first-order valence-corrected chi connectivity index (χ1v) is 9.47. The summed E-state index contributed by atoms with van der Waals surface area (Å²) in [5, 5.41) is 0. The summed E-state index contributed by atoms with van der Waals surface area (Å²) < 4.78 is 27.0. The quantitative estimate of drug-likeness (QED) is 0.814. The molecule has 0 saturated carbocycles. The predicted molar refractivity (Wildman–Crippen MR) is 96.0 cm³/mol. The van der Waals surface area contributed by atoms with Gasteiger partial charge in [0.1, 0.15) is 0 Å². The summed E-state index contributed by atoms with van der Waals surface area (Å²) in [6, 6.07) is 7.92. The van der Waals surface area contributed by atoms with Crippen LogP contribution in [0.25, 0.3) is 11.3 Å². The average Bonchev–Trinajstić information content (AvgIpc) is 2.53. The van der Waals surface area contributed by atoms with Gasteiger partial charge in [0.2, 0.25) is 11.9 Å². The van der Waals surface area contributed by atoms with Crippen LogP contribution in [0.3, 0.4) is 0 Å². The van der Waals surface area contributed by atoms with E-state index in [1.807, 2.05) is 13.8 Å². The number of hydrogen-bond donors (Lipinski definition) is 2. The van der Waals surface area contributed by atoms with Crippen LogP contribution >= 0.6 is 0 Å². The second kappa shape index (κ2) is 7.60. The second-order valence-corrected chi connectivity index (χ2v) is 7.71. The molecular formula is C17H22N4O3S. The van der Waals surface area contributed by atoms with Gasteiger partial charge in [-0.25, -0.2) is 23.1 Å². The number of sulfonamides is 1. The molecule has 134 valence electrons. The Bertz CT molecular complexity index is 861. The van der Waals surface area contributed by atoms with Crippen LogP contribution in [0, 0.1) is 12.8 Å². The van der Waals surface area contributed by atoms with Gasteiger partial charge in [-0.05, 0) is 31.0 Å². The van der Waals surface area contributed by atoms with Crippen molar-refractivity contribution in [3.63, 3.8) is 0 Å². The molecule has 0 spiro atoms. The molecule has 1 amide bonds. The van der Waals surface area contributed by atoms with Crippen molar-refractivity contribution in [2.75, 3.05) is 5.73 Å². The smallest absolute Gasteiger partial charge is 0.264 e. The molecule has 0 fully saturated rings. The maximum atomic E-state index is 12.4. The van der Waals surface area contributed by atoms with Gasteiger partial charge in [-0.1, -0.05) is 32.4 Å². The summed E-state index contributed by atoms with van der Waals surface area (Å²) in [4.78, 5) is 20.0. The lowest BCUT2D eigenvalue weighted by atomic mass is 10.1. The lowest BCUT2D eigenvalue weighted by molar-refractivity contribution is -0.120. The number of benzene rings is 1. The van der Waals surface area contributed by atoms with Gasteiger partial charge in [0.15, 0.2) is 0 Å². The number of carbonyl (C=O) groups is 1. The van der Waals surface area contributed by atoms with E-state index < -0.39 is 15.9 Å². The van der Waals surface area contributed by atoms with E-state index in [9.17, 15) is 13.2 Å². The van der Waals surface area contributed by atoms with Crippen LogP contribution in [-0.4, -0.2) is 24.3 Å². The molecule has 8 heteroatoms. The van der Waals surface area contributed by atoms with Crippen molar-refractivity contribution in [3.05, 3.63) is 36.0 Å². The third-order valence-electron chi connectivity index (χ3n) is 3.79. The van der Waals surface area contributed by atoms with Crippen LogP contribution in [0.2, 0.25) is 0 Å². The fraction of sp³-hybridized carbons (Fsp3) is 0.353. The molecule has 0 aliphatic rings. The predicted octanol–water partition coefficient (Wildman–Crippen LogP) is 2.28. The number of aromatic nitrogens is 2. The zero-order valence-corrected chi connectivity index (χ0v) is 15.3. The highest BCUT2D eigenvalue weighted by Gasteiger charge is 2.19. The molecular weight excluding hydrogens is 340 g/mol. The molecule has 0 aliphatic carbocycles. The van der Waals surface area contributed by atoms with Crippen molar-refractivity contribution >= 4 is 21.9 Å². The summed E-state index contributed by atoms with van der Waals surface area (Å²) in [6.07, 6.45) is 0.967. The Hall–Kier alpha value is -2.48. The van der Waals surface area contributed by atoms with E-state index in [0.717, 1.165) is 6.42 Å². The maximum Gasteiger partial charge on any atom is 0.264 e. The number of hydrogen-bond acceptors (Lipinski definition) is 6. The molecule has 0 bridgehead atoms. The first-order valence-electron chi connectivity index (χ1n) is 7.98. The van der Waals surface area contributed by atoms with Crippen molar-refractivity contribution in [3.8, 4) is 11.3 Å². The van der Waals surface area contributed by atoms with E-state index in [4.69, 9.17) is 5.73 Å². The third-order valence-corrected chi connectivity index (χ3v) is 5.16. The fourth-order valence-electron chi connectivity index (χ4n) is 2.27. The minimum Gasteiger partial charge on any atom is -0.368 e. The number of nitrogen functional groups attached to an aromatic ring is 1. The SMILES string of the molecule is CCC(C)CC(=O)NS(=O)(=O)c1cccc(-c2cc(C)nc(N)n2)c1. The van der Waals surface area contributed by atoms with Crippen LogP contribution < -0.4 is 10.5 Å². The molecule has 0 radical (unpaired) electrons. The zero-order chi connectivity index (χ0) is 18.6. The van der Waals surface area contributed by atoms with E-state index in [1.165, 1.54) is 12.1 Å². The van der Waals surface area contributed by atoms with E-state index in [1.54, 1.807) is 25.1 Å². The van der Waals surface area contributed by atoms with Crippen LogP contribution in [0.1, 0.15) is 32.4 Å². The fourth-order valence-corrected chi connectivity index (χ4v) is 3.31. The molecule has 3 N–H and O–H groups in total. The Morgan fingerprint density at radius 2 is 2.00 bits per heavy atom. The molecule has 1 atom stereocenters. The number of amides is 1. The van der Waals surface area contributed by atoms with Gasteiger partial charge < -0.3 is 5.73 Å². The second-order valence-electron chi connectivity index (χ2n) is 6.03. The van der Waals surface area contributed by atoms with Gasteiger partial charge in [0.05, 0.1) is 10.6 Å². The number of carbonyl (C=O) groups excluding carboxylic acids is 1. The van der Waals surface area contributed by atoms with Crippen LogP contribution in [0.4, 0.5) is 5.95 Å². The van der Waals surface area contributed by atoms with Gasteiger partial charge >= 0.3 is 0 Å². The standard InChI is InChI=1S/C17H22N4O3S/c1-4-11(2)8-16(22)21-25(23,24)14-7-5-6-13(10-14)15-9-12(3)19-17(18)20-15/h5-7,9-11H,4,8H2,1-3H3,(H,21,22)(H2,18,19,20). The number of nitrogens with two attached hydrogens (primary N) is 1. The summed E-state index contributed by atoms with van der Waals surface area (Å²) in [5.74, 6) is -0.277. The topological polar surface area (TPSA) is 115 Å². The van der Waals surface area contributed by atoms with Crippen molar-refractivity contribution < 1.29 is 13.2 Å². The molecule has 2 aromatic rings. The third kappa shape index (κ3) is 4.99. The largest absolute Gasteiger partial charge is 0.368 e. The lowest BCUT2D eigenvalue weighted by Gasteiger charge is -2.11. The van der Waals surface area contributed by atoms with E-state index in [0.29, 0.717) is 17.0 Å². The van der Waals surface area contributed by atoms with E-state index >= 15 is 0 Å².